The highest BCUT2D eigenvalue weighted by Gasteiger charge is 2.25. The second kappa shape index (κ2) is 9.71. The van der Waals surface area contributed by atoms with Crippen molar-refractivity contribution in [3.05, 3.63) is 65.7 Å². The van der Waals surface area contributed by atoms with Crippen molar-refractivity contribution in [2.75, 3.05) is 19.4 Å². The minimum Gasteiger partial charge on any atom is -0.449 e. The number of carbonyl (C=O) groups is 2. The number of carbonyl (C=O) groups excluding carboxylic acids is 2. The van der Waals surface area contributed by atoms with Gasteiger partial charge in [-0.05, 0) is 31.3 Å². The summed E-state index contributed by atoms with van der Waals surface area (Å²) in [5.74, 6) is 0.365. The Morgan fingerprint density at radius 2 is 1.94 bits per heavy atom. The van der Waals surface area contributed by atoms with Gasteiger partial charge in [-0.1, -0.05) is 50.2 Å². The molecular formula is C26H29N5O4. The number of rotatable bonds is 8. The summed E-state index contributed by atoms with van der Waals surface area (Å²) in [5.41, 5.74) is 4.14. The summed E-state index contributed by atoms with van der Waals surface area (Å²) in [7, 11) is 4.05. The molecule has 1 aromatic carbocycles. The third-order valence-corrected chi connectivity index (χ3v) is 5.58. The summed E-state index contributed by atoms with van der Waals surface area (Å²) in [6.07, 6.45) is 2.65. The van der Waals surface area contributed by atoms with Gasteiger partial charge in [0, 0.05) is 46.9 Å². The molecule has 0 radical (unpaired) electrons. The lowest BCUT2D eigenvalue weighted by Gasteiger charge is -2.15. The van der Waals surface area contributed by atoms with Crippen molar-refractivity contribution < 1.29 is 18.8 Å². The van der Waals surface area contributed by atoms with Crippen LogP contribution >= 0.6 is 0 Å². The smallest absolute Gasteiger partial charge is 0.294 e. The van der Waals surface area contributed by atoms with Crippen molar-refractivity contribution in [2.45, 2.75) is 38.8 Å². The molecule has 3 aromatic heterocycles. The second-order valence-corrected chi connectivity index (χ2v) is 9.72. The van der Waals surface area contributed by atoms with E-state index in [1.54, 1.807) is 24.4 Å². The molecule has 4 rings (SSSR count). The number of anilines is 1. The van der Waals surface area contributed by atoms with E-state index >= 15 is 0 Å². The Kier molecular flexibility index (Phi) is 6.70. The molecule has 1 amide bonds. The van der Waals surface area contributed by atoms with Crippen LogP contribution in [0.5, 0.6) is 0 Å². The molecule has 1 unspecified atom stereocenters. The molecule has 3 heterocycles. The predicted octanol–water partition coefficient (Wildman–Crippen LogP) is 4.43. The number of benzene rings is 1. The fourth-order valence-corrected chi connectivity index (χ4v) is 3.76. The van der Waals surface area contributed by atoms with E-state index < -0.39 is 12.0 Å². The molecule has 182 valence electrons. The van der Waals surface area contributed by atoms with Crippen LogP contribution in [0.1, 0.15) is 43.8 Å². The molecule has 4 aromatic rings. The highest BCUT2D eigenvalue weighted by molar-refractivity contribution is 5.94. The van der Waals surface area contributed by atoms with Crippen LogP contribution in [0.4, 0.5) is 5.82 Å². The topological polar surface area (TPSA) is 113 Å². The zero-order chi connectivity index (χ0) is 25.2. The lowest BCUT2D eigenvalue weighted by atomic mass is 9.93. The Morgan fingerprint density at radius 1 is 1.20 bits per heavy atom. The first-order chi connectivity index (χ1) is 16.7. The highest BCUT2D eigenvalue weighted by Crippen LogP contribution is 2.28. The van der Waals surface area contributed by atoms with Gasteiger partial charge in [0.2, 0.25) is 6.10 Å². The van der Waals surface area contributed by atoms with Gasteiger partial charge >= 0.3 is 0 Å². The maximum Gasteiger partial charge on any atom is 0.294 e. The summed E-state index contributed by atoms with van der Waals surface area (Å²) < 4.78 is 10.4. The summed E-state index contributed by atoms with van der Waals surface area (Å²) in [6, 6.07) is 11.0. The van der Waals surface area contributed by atoms with E-state index in [1.165, 1.54) is 0 Å². The Hall–Kier alpha value is -3.98. The highest BCUT2D eigenvalue weighted by atomic mass is 16.5. The van der Waals surface area contributed by atoms with Crippen molar-refractivity contribution in [3.63, 3.8) is 0 Å². The normalized spacial score (nSPS) is 12.6. The minimum atomic E-state index is -1.13. The van der Waals surface area contributed by atoms with E-state index in [1.807, 2.05) is 53.2 Å². The Labute approximate surface area is 203 Å². The molecule has 0 bridgehead atoms. The average Bonchev–Trinajstić information content (AvgIpc) is 3.44. The van der Waals surface area contributed by atoms with Crippen LogP contribution in [0.2, 0.25) is 0 Å². The fourth-order valence-electron chi connectivity index (χ4n) is 3.76. The maximum atomic E-state index is 12.9. The molecule has 9 heteroatoms. The number of hydrogen-bond acceptors (Lipinski definition) is 7. The molecule has 0 saturated carbocycles. The van der Waals surface area contributed by atoms with E-state index in [0.717, 1.165) is 34.3 Å². The van der Waals surface area contributed by atoms with Gasteiger partial charge < -0.3 is 24.5 Å². The SMILES string of the molecule is CN(C)Cc1c[nH]c2ncc(-c3ccc(C(OC=O)C(=O)Nc4cc(C(C)(C)C)on4)cc3)cc12. The number of nitrogens with one attached hydrogen (secondary N) is 2. The zero-order valence-electron chi connectivity index (χ0n) is 20.5. The fraction of sp³-hybridized carbons (Fsp3) is 0.308. The predicted molar refractivity (Wildman–Crippen MR) is 133 cm³/mol. The number of H-pyrrole nitrogens is 1. The number of pyridine rings is 1. The van der Waals surface area contributed by atoms with Gasteiger partial charge in [-0.2, -0.15) is 0 Å². The van der Waals surface area contributed by atoms with Crippen LogP contribution < -0.4 is 5.32 Å². The number of ether oxygens (including phenoxy) is 1. The van der Waals surface area contributed by atoms with Gasteiger partial charge in [0.25, 0.3) is 12.4 Å². The van der Waals surface area contributed by atoms with Crippen LogP contribution in [0.15, 0.2) is 53.3 Å². The molecule has 0 spiro atoms. The van der Waals surface area contributed by atoms with Gasteiger partial charge in [0.05, 0.1) is 0 Å². The van der Waals surface area contributed by atoms with Crippen LogP contribution in [0.25, 0.3) is 22.2 Å². The van der Waals surface area contributed by atoms with Gasteiger partial charge in [0.15, 0.2) is 5.82 Å². The van der Waals surface area contributed by atoms with Crippen molar-refractivity contribution in [1.29, 1.82) is 0 Å². The van der Waals surface area contributed by atoms with Crippen molar-refractivity contribution in [3.8, 4) is 11.1 Å². The largest absolute Gasteiger partial charge is 0.449 e. The molecule has 35 heavy (non-hydrogen) atoms. The lowest BCUT2D eigenvalue weighted by Crippen LogP contribution is -2.23. The first-order valence-electron chi connectivity index (χ1n) is 11.2. The van der Waals surface area contributed by atoms with Crippen LogP contribution in [-0.2, 0) is 26.3 Å². The monoisotopic (exact) mass is 475 g/mol. The first-order valence-corrected chi connectivity index (χ1v) is 11.2. The standard InChI is InChI=1S/C26H29N5O4/c1-26(2,3)21-11-22(30-35-21)29-25(33)23(34-15-32)17-8-6-16(7-9-17)18-10-20-19(14-31(4)5)13-28-24(20)27-12-18/h6-13,15,23H,14H2,1-5H3,(H,27,28)(H,29,30,33). The van der Waals surface area contributed by atoms with E-state index in [2.05, 4.69) is 31.4 Å². The van der Waals surface area contributed by atoms with Crippen LogP contribution in [0.3, 0.4) is 0 Å². The Morgan fingerprint density at radius 3 is 2.57 bits per heavy atom. The summed E-state index contributed by atoms with van der Waals surface area (Å²) in [4.78, 5) is 33.8. The number of amides is 1. The van der Waals surface area contributed by atoms with Crippen LogP contribution in [-0.4, -0.2) is 46.5 Å². The van der Waals surface area contributed by atoms with Gasteiger partial charge in [0.1, 0.15) is 11.4 Å². The van der Waals surface area contributed by atoms with Gasteiger partial charge in [-0.25, -0.2) is 4.98 Å². The maximum absolute atomic E-state index is 12.9. The molecule has 0 fully saturated rings. The number of hydrogen-bond donors (Lipinski definition) is 2. The molecular weight excluding hydrogens is 446 g/mol. The summed E-state index contributed by atoms with van der Waals surface area (Å²) in [6.45, 7) is 6.99. The molecule has 0 aliphatic carbocycles. The number of aromatic amines is 1. The summed E-state index contributed by atoms with van der Waals surface area (Å²) in [5, 5.41) is 7.61. The number of fused-ring (bicyclic) bond motifs is 1. The lowest BCUT2D eigenvalue weighted by molar-refractivity contribution is -0.142. The Balaban J connectivity index is 1.55. The second-order valence-electron chi connectivity index (χ2n) is 9.72. The number of nitrogens with zero attached hydrogens (tertiary/aromatic N) is 3. The molecule has 0 aliphatic rings. The number of aromatic nitrogens is 3. The van der Waals surface area contributed by atoms with E-state index in [-0.39, 0.29) is 17.7 Å². The quantitative estimate of drug-likeness (QED) is 0.362. The van der Waals surface area contributed by atoms with E-state index in [4.69, 9.17) is 9.26 Å². The van der Waals surface area contributed by atoms with Crippen molar-refractivity contribution in [1.82, 2.24) is 20.0 Å². The molecule has 0 aliphatic heterocycles. The molecule has 0 saturated heterocycles. The first kappa shape index (κ1) is 24.2. The van der Waals surface area contributed by atoms with Crippen molar-refractivity contribution in [2.24, 2.45) is 0 Å². The molecule has 1 atom stereocenters. The third-order valence-electron chi connectivity index (χ3n) is 5.58. The summed E-state index contributed by atoms with van der Waals surface area (Å²) >= 11 is 0. The van der Waals surface area contributed by atoms with E-state index in [0.29, 0.717) is 11.3 Å². The van der Waals surface area contributed by atoms with Gasteiger partial charge in [-0.15, -0.1) is 0 Å². The average molecular weight is 476 g/mol. The van der Waals surface area contributed by atoms with Crippen LogP contribution in [0, 0.1) is 0 Å². The molecule has 2 N–H and O–H groups in total. The third kappa shape index (κ3) is 5.41. The molecule has 9 nitrogen and oxygen atoms in total. The van der Waals surface area contributed by atoms with Crippen molar-refractivity contribution >= 4 is 29.2 Å². The Bertz CT molecular complexity index is 1330. The zero-order valence-corrected chi connectivity index (χ0v) is 20.5. The minimum absolute atomic E-state index is 0.254. The van der Waals surface area contributed by atoms with E-state index in [9.17, 15) is 9.59 Å². The van der Waals surface area contributed by atoms with Gasteiger partial charge in [-0.3, -0.25) is 9.59 Å².